The number of hydrogen-bond donors (Lipinski definition) is 3. The van der Waals surface area contributed by atoms with Crippen LogP contribution in [0.2, 0.25) is 0 Å². The maximum Gasteiger partial charge on any atom is 0.268 e. The Morgan fingerprint density at radius 1 is 1.44 bits per heavy atom. The summed E-state index contributed by atoms with van der Waals surface area (Å²) in [6, 6.07) is 4.91. The number of nitrogens with one attached hydrogen (secondary N) is 3. The van der Waals surface area contributed by atoms with Gasteiger partial charge in [0.1, 0.15) is 12.6 Å². The molecule has 2 amide bonds. The summed E-state index contributed by atoms with van der Waals surface area (Å²) in [6.07, 6.45) is 0.982. The molecule has 0 aliphatic carbocycles. The van der Waals surface area contributed by atoms with Gasteiger partial charge < -0.3 is 10.6 Å². The van der Waals surface area contributed by atoms with Gasteiger partial charge in [0.05, 0.1) is 0 Å². The summed E-state index contributed by atoms with van der Waals surface area (Å²) in [7, 11) is 0. The fourth-order valence-corrected chi connectivity index (χ4v) is 2.12. The van der Waals surface area contributed by atoms with Crippen LogP contribution in [0.4, 0.5) is 5.69 Å². The fraction of sp³-hybridized carbons (Fsp3) is 0.333. The predicted octanol–water partition coefficient (Wildman–Crippen LogP) is -0.186. The zero-order valence-electron chi connectivity index (χ0n) is 9.66. The minimum atomic E-state index is -0.612. The lowest BCUT2D eigenvalue weighted by Gasteiger charge is -2.09. The maximum absolute atomic E-state index is 12.0. The quantitative estimate of drug-likeness (QED) is 0.677. The zero-order chi connectivity index (χ0) is 12.5. The number of carbonyl (C=O) groups is 2. The van der Waals surface area contributed by atoms with Crippen LogP contribution in [-0.4, -0.2) is 31.0 Å². The first-order chi connectivity index (χ1) is 8.74. The standard InChI is InChI=1S/C12H13N3O3/c16-11(14-10-6-18-15-12(10)17)8-2-1-7-3-4-13-9(7)5-8/h1-2,5,10,13H,3-4,6H2,(H,14,16)(H,15,17)/t10-/m1/s1. The van der Waals surface area contributed by atoms with Crippen molar-refractivity contribution >= 4 is 17.5 Å². The van der Waals surface area contributed by atoms with E-state index in [1.165, 1.54) is 5.56 Å². The second-order valence-electron chi connectivity index (χ2n) is 4.35. The molecule has 3 rings (SSSR count). The van der Waals surface area contributed by atoms with Gasteiger partial charge >= 0.3 is 0 Å². The molecule has 18 heavy (non-hydrogen) atoms. The number of amides is 2. The van der Waals surface area contributed by atoms with Gasteiger partial charge in [-0.05, 0) is 24.1 Å². The molecular weight excluding hydrogens is 234 g/mol. The molecule has 1 aromatic carbocycles. The van der Waals surface area contributed by atoms with Crippen LogP contribution in [-0.2, 0) is 16.1 Å². The first-order valence-electron chi connectivity index (χ1n) is 5.83. The molecule has 2 aliphatic heterocycles. The number of hydroxylamine groups is 1. The van der Waals surface area contributed by atoms with E-state index >= 15 is 0 Å². The number of anilines is 1. The van der Waals surface area contributed by atoms with Gasteiger partial charge in [-0.15, -0.1) is 0 Å². The van der Waals surface area contributed by atoms with Crippen molar-refractivity contribution in [3.8, 4) is 0 Å². The van der Waals surface area contributed by atoms with Crippen LogP contribution in [0, 0.1) is 0 Å². The van der Waals surface area contributed by atoms with E-state index in [0.717, 1.165) is 18.7 Å². The Labute approximate surface area is 104 Å². The molecule has 6 nitrogen and oxygen atoms in total. The molecule has 0 spiro atoms. The van der Waals surface area contributed by atoms with Crippen LogP contribution in [0.3, 0.4) is 0 Å². The normalized spacial score (nSPS) is 21.1. The third kappa shape index (κ3) is 1.91. The highest BCUT2D eigenvalue weighted by atomic mass is 16.7. The van der Waals surface area contributed by atoms with Gasteiger partial charge in [0.15, 0.2) is 0 Å². The molecule has 0 unspecified atom stereocenters. The van der Waals surface area contributed by atoms with E-state index in [9.17, 15) is 9.59 Å². The Bertz CT molecular complexity index is 515. The summed E-state index contributed by atoms with van der Waals surface area (Å²) in [5.74, 6) is -0.584. The van der Waals surface area contributed by atoms with Gasteiger partial charge in [-0.2, -0.15) is 0 Å². The van der Waals surface area contributed by atoms with Gasteiger partial charge in [0.25, 0.3) is 11.8 Å². The van der Waals surface area contributed by atoms with Crippen LogP contribution in [0.15, 0.2) is 18.2 Å². The lowest BCUT2D eigenvalue weighted by molar-refractivity contribution is -0.125. The minimum absolute atomic E-state index is 0.160. The topological polar surface area (TPSA) is 79.5 Å². The number of benzene rings is 1. The third-order valence-electron chi connectivity index (χ3n) is 3.13. The average molecular weight is 247 g/mol. The molecule has 1 aromatic rings. The van der Waals surface area contributed by atoms with E-state index in [4.69, 9.17) is 4.84 Å². The Morgan fingerprint density at radius 3 is 3.11 bits per heavy atom. The largest absolute Gasteiger partial charge is 0.384 e. The molecule has 1 saturated heterocycles. The summed E-state index contributed by atoms with van der Waals surface area (Å²) < 4.78 is 0. The van der Waals surface area contributed by atoms with E-state index in [1.54, 1.807) is 6.07 Å². The van der Waals surface area contributed by atoms with E-state index in [1.807, 2.05) is 12.1 Å². The van der Waals surface area contributed by atoms with E-state index in [2.05, 4.69) is 16.1 Å². The van der Waals surface area contributed by atoms with Gasteiger partial charge in [-0.25, -0.2) is 5.48 Å². The Hall–Kier alpha value is -2.08. The number of carbonyl (C=O) groups excluding carboxylic acids is 2. The van der Waals surface area contributed by atoms with Crippen molar-refractivity contribution in [2.45, 2.75) is 12.5 Å². The van der Waals surface area contributed by atoms with Gasteiger partial charge in [-0.1, -0.05) is 6.07 Å². The first kappa shape index (κ1) is 11.0. The van der Waals surface area contributed by atoms with Crippen LogP contribution in [0.1, 0.15) is 15.9 Å². The van der Waals surface area contributed by atoms with Crippen LogP contribution < -0.4 is 16.1 Å². The lowest BCUT2D eigenvalue weighted by Crippen LogP contribution is -2.41. The zero-order valence-corrected chi connectivity index (χ0v) is 9.66. The third-order valence-corrected chi connectivity index (χ3v) is 3.13. The Kier molecular flexibility index (Phi) is 2.64. The smallest absolute Gasteiger partial charge is 0.268 e. The Balaban J connectivity index is 1.74. The molecule has 2 heterocycles. The molecule has 1 atom stereocenters. The highest BCUT2D eigenvalue weighted by Gasteiger charge is 2.27. The Morgan fingerprint density at radius 2 is 2.33 bits per heavy atom. The summed E-state index contributed by atoms with van der Waals surface area (Å²) in [5, 5.41) is 5.85. The molecule has 0 saturated carbocycles. The van der Waals surface area contributed by atoms with Crippen molar-refractivity contribution in [1.82, 2.24) is 10.8 Å². The van der Waals surface area contributed by atoms with E-state index in [-0.39, 0.29) is 18.4 Å². The van der Waals surface area contributed by atoms with Crippen LogP contribution in [0.25, 0.3) is 0 Å². The lowest BCUT2D eigenvalue weighted by atomic mass is 10.1. The van der Waals surface area contributed by atoms with Crippen molar-refractivity contribution in [2.24, 2.45) is 0 Å². The van der Waals surface area contributed by atoms with E-state index < -0.39 is 6.04 Å². The number of rotatable bonds is 2. The fourth-order valence-electron chi connectivity index (χ4n) is 2.12. The molecular formula is C12H13N3O3. The predicted molar refractivity (Wildman–Crippen MR) is 64.0 cm³/mol. The molecule has 0 radical (unpaired) electrons. The van der Waals surface area contributed by atoms with Crippen LogP contribution in [0.5, 0.6) is 0 Å². The molecule has 1 fully saturated rings. The number of hydrogen-bond acceptors (Lipinski definition) is 4. The number of fused-ring (bicyclic) bond motifs is 1. The van der Waals surface area contributed by atoms with Crippen molar-refractivity contribution in [2.75, 3.05) is 18.5 Å². The maximum atomic E-state index is 12.0. The van der Waals surface area contributed by atoms with Gasteiger partial charge in [0, 0.05) is 17.8 Å². The van der Waals surface area contributed by atoms with Crippen molar-refractivity contribution in [3.63, 3.8) is 0 Å². The highest BCUT2D eigenvalue weighted by molar-refractivity contribution is 5.98. The molecule has 2 aliphatic rings. The second kappa shape index (κ2) is 4.30. The summed E-state index contributed by atoms with van der Waals surface area (Å²) in [6.45, 7) is 1.06. The van der Waals surface area contributed by atoms with Gasteiger partial charge in [-0.3, -0.25) is 14.4 Å². The summed E-state index contributed by atoms with van der Waals surface area (Å²) >= 11 is 0. The van der Waals surface area contributed by atoms with Gasteiger partial charge in [0.2, 0.25) is 0 Å². The van der Waals surface area contributed by atoms with Crippen molar-refractivity contribution in [3.05, 3.63) is 29.3 Å². The minimum Gasteiger partial charge on any atom is -0.384 e. The van der Waals surface area contributed by atoms with Crippen LogP contribution >= 0.6 is 0 Å². The average Bonchev–Trinajstić information content (AvgIpc) is 2.98. The van der Waals surface area contributed by atoms with Crippen molar-refractivity contribution in [1.29, 1.82) is 0 Å². The van der Waals surface area contributed by atoms with Crippen molar-refractivity contribution < 1.29 is 14.4 Å². The molecule has 3 N–H and O–H groups in total. The highest BCUT2D eigenvalue weighted by Crippen LogP contribution is 2.23. The molecule has 6 heteroatoms. The summed E-state index contributed by atoms with van der Waals surface area (Å²) in [5.41, 5.74) is 4.96. The SMILES string of the molecule is O=C(N[C@@H]1CONC1=O)c1ccc2c(c1)NCC2. The monoisotopic (exact) mass is 247 g/mol. The molecule has 0 bridgehead atoms. The van der Waals surface area contributed by atoms with E-state index in [0.29, 0.717) is 5.56 Å². The summed E-state index contributed by atoms with van der Waals surface area (Å²) in [4.78, 5) is 28.0. The second-order valence-corrected chi connectivity index (χ2v) is 4.35. The molecule has 0 aromatic heterocycles. The molecule has 94 valence electrons. The first-order valence-corrected chi connectivity index (χ1v) is 5.83.